The molecule has 0 aliphatic heterocycles. The van der Waals surface area contributed by atoms with Crippen molar-refractivity contribution in [2.75, 3.05) is 6.61 Å². The van der Waals surface area contributed by atoms with Crippen molar-refractivity contribution in [3.05, 3.63) is 12.8 Å². The number of nitrogens with zero attached hydrogens (tertiary/aromatic N) is 4. The lowest BCUT2D eigenvalue weighted by atomic mass is 10.1. The maximum absolute atomic E-state index is 8.58. The van der Waals surface area contributed by atoms with Crippen LogP contribution in [0.15, 0.2) is 23.1 Å². The molecule has 0 aliphatic rings. The zero-order chi connectivity index (χ0) is 15.4. The van der Waals surface area contributed by atoms with E-state index < -0.39 is 11.1 Å². The number of hydrogen-bond donors (Lipinski definition) is 0. The zero-order valence-electron chi connectivity index (χ0n) is 12.6. The third-order valence-electron chi connectivity index (χ3n) is 1.83. The normalized spacial score (nSPS) is 10.9. The van der Waals surface area contributed by atoms with Crippen LogP contribution >= 0.6 is 0 Å². The highest BCUT2D eigenvalue weighted by Gasteiger charge is 2.19. The molecule has 0 fully saturated rings. The first-order valence-corrected chi connectivity index (χ1v) is 6.23. The number of ether oxygens (including phenoxy) is 1. The Bertz CT molecular complexity index is 331. The van der Waals surface area contributed by atoms with Crippen molar-refractivity contribution in [1.82, 2.24) is 0 Å². The average molecular weight is 264 g/mol. The fourth-order valence-electron chi connectivity index (χ4n) is 0.606. The molecular formula is C14H24N4O. The third kappa shape index (κ3) is 14.1. The number of azo groups is 1. The third-order valence-corrected chi connectivity index (χ3v) is 1.83. The Hall–Kier alpha value is -1.88. The Morgan fingerprint density at radius 2 is 1.53 bits per heavy atom. The van der Waals surface area contributed by atoms with Gasteiger partial charge in [0.25, 0.3) is 0 Å². The van der Waals surface area contributed by atoms with E-state index in [1.54, 1.807) is 27.7 Å². The second kappa shape index (κ2) is 10.1. The summed E-state index contributed by atoms with van der Waals surface area (Å²) in [6.45, 7) is 12.9. The molecule has 0 bridgehead atoms. The van der Waals surface area contributed by atoms with E-state index in [1.807, 2.05) is 12.1 Å². The first-order valence-electron chi connectivity index (χ1n) is 6.23. The van der Waals surface area contributed by atoms with Crippen molar-refractivity contribution >= 4 is 0 Å². The molecule has 0 heterocycles. The summed E-state index contributed by atoms with van der Waals surface area (Å²) >= 11 is 0. The molecule has 0 unspecified atom stereocenters. The van der Waals surface area contributed by atoms with Gasteiger partial charge in [-0.1, -0.05) is 19.9 Å². The molecule has 0 N–H and O–H groups in total. The van der Waals surface area contributed by atoms with E-state index in [4.69, 9.17) is 15.3 Å². The lowest BCUT2D eigenvalue weighted by Gasteiger charge is -2.11. The fraction of sp³-hybridized carbons (Fsp3) is 0.714. The van der Waals surface area contributed by atoms with Crippen LogP contribution in [0.2, 0.25) is 0 Å². The lowest BCUT2D eigenvalue weighted by Crippen LogP contribution is -2.17. The van der Waals surface area contributed by atoms with E-state index in [0.29, 0.717) is 0 Å². The van der Waals surface area contributed by atoms with Gasteiger partial charge in [-0.05, 0) is 34.1 Å². The largest absolute Gasteiger partial charge is 0.502 e. The molecule has 5 heteroatoms. The highest BCUT2D eigenvalue weighted by atomic mass is 16.5. The Kier molecular flexibility index (Phi) is 10.3. The van der Waals surface area contributed by atoms with Crippen molar-refractivity contribution < 1.29 is 4.74 Å². The van der Waals surface area contributed by atoms with Crippen molar-refractivity contribution in [1.29, 1.82) is 10.5 Å². The van der Waals surface area contributed by atoms with Crippen LogP contribution in [-0.4, -0.2) is 17.7 Å². The van der Waals surface area contributed by atoms with Gasteiger partial charge in [-0.25, -0.2) is 0 Å². The smallest absolute Gasteiger partial charge is 0.162 e. The van der Waals surface area contributed by atoms with Gasteiger partial charge in [-0.3, -0.25) is 0 Å². The van der Waals surface area contributed by atoms with Gasteiger partial charge in [-0.2, -0.15) is 20.8 Å². The van der Waals surface area contributed by atoms with Gasteiger partial charge < -0.3 is 4.74 Å². The standard InChI is InChI=1S/C8H12N4.C6H12O/c1-7(2,5-9)11-12-8(3,4)6-10;1-3-5-6-7-4-2/h1-4H3;4H,2-3,5-6H2,1H3. The van der Waals surface area contributed by atoms with Gasteiger partial charge in [0, 0.05) is 0 Å². The second-order valence-electron chi connectivity index (χ2n) is 4.93. The van der Waals surface area contributed by atoms with Gasteiger partial charge in [0.05, 0.1) is 25.0 Å². The number of nitriles is 2. The minimum absolute atomic E-state index is 0.819. The first-order chi connectivity index (χ1) is 8.74. The van der Waals surface area contributed by atoms with Crippen LogP contribution in [0.1, 0.15) is 47.5 Å². The topological polar surface area (TPSA) is 81.5 Å². The molecule has 5 nitrogen and oxygen atoms in total. The van der Waals surface area contributed by atoms with Crippen LogP contribution < -0.4 is 0 Å². The molecule has 0 saturated heterocycles. The highest BCUT2D eigenvalue weighted by molar-refractivity contribution is 5.03. The van der Waals surface area contributed by atoms with Crippen LogP contribution in [0.25, 0.3) is 0 Å². The predicted octanol–water partition coefficient (Wildman–Crippen LogP) is 3.99. The van der Waals surface area contributed by atoms with Crippen LogP contribution in [0.4, 0.5) is 0 Å². The van der Waals surface area contributed by atoms with Gasteiger partial charge in [0.2, 0.25) is 0 Å². The molecule has 0 aromatic rings. The number of unbranched alkanes of at least 4 members (excludes halogenated alkanes) is 1. The van der Waals surface area contributed by atoms with Gasteiger partial charge in [-0.15, -0.1) is 0 Å². The van der Waals surface area contributed by atoms with E-state index in [9.17, 15) is 0 Å². The molecule has 0 atom stereocenters. The summed E-state index contributed by atoms with van der Waals surface area (Å²) in [5.41, 5.74) is -1.68. The summed E-state index contributed by atoms with van der Waals surface area (Å²) in [5, 5.41) is 24.7. The van der Waals surface area contributed by atoms with Crippen molar-refractivity contribution in [2.24, 2.45) is 10.2 Å². The fourth-order valence-corrected chi connectivity index (χ4v) is 0.606. The molecule has 0 aliphatic carbocycles. The van der Waals surface area contributed by atoms with Gasteiger partial charge in [0.15, 0.2) is 11.1 Å². The van der Waals surface area contributed by atoms with Crippen molar-refractivity contribution in [3.8, 4) is 12.1 Å². The molecule has 0 spiro atoms. The minimum atomic E-state index is -0.839. The van der Waals surface area contributed by atoms with Crippen LogP contribution in [0, 0.1) is 22.7 Å². The van der Waals surface area contributed by atoms with Crippen LogP contribution in [0.5, 0.6) is 0 Å². The minimum Gasteiger partial charge on any atom is -0.502 e. The van der Waals surface area contributed by atoms with E-state index in [2.05, 4.69) is 23.7 Å². The summed E-state index contributed by atoms with van der Waals surface area (Å²) in [7, 11) is 0. The molecule has 0 saturated carbocycles. The molecule has 0 rings (SSSR count). The number of hydrogen-bond acceptors (Lipinski definition) is 5. The molecular weight excluding hydrogens is 240 g/mol. The van der Waals surface area contributed by atoms with E-state index in [-0.39, 0.29) is 0 Å². The summed E-state index contributed by atoms with van der Waals surface area (Å²) in [5.74, 6) is 0. The molecule has 0 aromatic carbocycles. The summed E-state index contributed by atoms with van der Waals surface area (Å²) < 4.78 is 4.84. The second-order valence-corrected chi connectivity index (χ2v) is 4.93. The van der Waals surface area contributed by atoms with Crippen LogP contribution in [-0.2, 0) is 4.74 Å². The molecule has 0 radical (unpaired) electrons. The lowest BCUT2D eigenvalue weighted by molar-refractivity contribution is 0.245. The summed E-state index contributed by atoms with van der Waals surface area (Å²) in [6.07, 6.45) is 3.80. The molecule has 19 heavy (non-hydrogen) atoms. The maximum atomic E-state index is 8.58. The predicted molar refractivity (Wildman–Crippen MR) is 75.3 cm³/mol. The van der Waals surface area contributed by atoms with E-state index in [0.717, 1.165) is 13.0 Å². The maximum Gasteiger partial charge on any atom is 0.162 e. The highest BCUT2D eigenvalue weighted by Crippen LogP contribution is 2.13. The summed E-state index contributed by atoms with van der Waals surface area (Å²) in [4.78, 5) is 0. The Balaban J connectivity index is 0. The van der Waals surface area contributed by atoms with Gasteiger partial charge in [0.1, 0.15) is 0 Å². The molecule has 0 aromatic heterocycles. The van der Waals surface area contributed by atoms with Crippen LogP contribution in [0.3, 0.4) is 0 Å². The molecule has 106 valence electrons. The zero-order valence-corrected chi connectivity index (χ0v) is 12.6. The van der Waals surface area contributed by atoms with E-state index >= 15 is 0 Å². The Morgan fingerprint density at radius 3 is 1.79 bits per heavy atom. The van der Waals surface area contributed by atoms with Crippen molar-refractivity contribution in [2.45, 2.75) is 58.5 Å². The SMILES string of the molecule is C=COCCCC.CC(C)(C#N)N=NC(C)(C)C#N. The summed E-state index contributed by atoms with van der Waals surface area (Å²) in [6, 6.07) is 3.94. The average Bonchev–Trinajstić information content (AvgIpc) is 2.38. The quantitative estimate of drug-likeness (QED) is 0.413. The van der Waals surface area contributed by atoms with Crippen molar-refractivity contribution in [3.63, 3.8) is 0 Å². The van der Waals surface area contributed by atoms with E-state index in [1.165, 1.54) is 12.7 Å². The molecule has 0 amide bonds. The Labute approximate surface area is 116 Å². The van der Waals surface area contributed by atoms with Gasteiger partial charge >= 0.3 is 0 Å². The first kappa shape index (κ1) is 19.5. The monoisotopic (exact) mass is 264 g/mol. The number of rotatable bonds is 6. The Morgan fingerprint density at radius 1 is 1.11 bits per heavy atom.